The minimum Gasteiger partial charge on any atom is -0.306 e. The van der Waals surface area contributed by atoms with Gasteiger partial charge in [-0.15, -0.1) is 0 Å². The van der Waals surface area contributed by atoms with Crippen molar-refractivity contribution in [3.63, 3.8) is 0 Å². The van der Waals surface area contributed by atoms with Gasteiger partial charge in [-0.25, -0.2) is 0 Å². The molecule has 1 unspecified atom stereocenters. The standard InChI is InChI=1S/C14H14N2/c1-2-12-11-4-5-15-7-9(11)6-10-8-16-13(3-1)14(10)12/h4-7,13,16H,1-3,8H2. The summed E-state index contributed by atoms with van der Waals surface area (Å²) in [4.78, 5) is 4.23. The van der Waals surface area contributed by atoms with Gasteiger partial charge in [0.2, 0.25) is 0 Å². The van der Waals surface area contributed by atoms with Crippen molar-refractivity contribution < 1.29 is 0 Å². The third kappa shape index (κ3) is 1.03. The Morgan fingerprint density at radius 2 is 2.38 bits per heavy atom. The van der Waals surface area contributed by atoms with Gasteiger partial charge in [0.15, 0.2) is 0 Å². The van der Waals surface area contributed by atoms with Crippen molar-refractivity contribution in [2.75, 3.05) is 0 Å². The molecule has 1 N–H and O–H groups in total. The largest absolute Gasteiger partial charge is 0.306 e. The lowest BCUT2D eigenvalue weighted by Crippen LogP contribution is -2.16. The first kappa shape index (κ1) is 8.71. The van der Waals surface area contributed by atoms with Crippen LogP contribution in [0.5, 0.6) is 0 Å². The molecular weight excluding hydrogens is 196 g/mol. The fourth-order valence-electron chi connectivity index (χ4n) is 3.32. The highest BCUT2D eigenvalue weighted by Crippen LogP contribution is 2.40. The molecule has 0 bridgehead atoms. The van der Waals surface area contributed by atoms with Gasteiger partial charge < -0.3 is 5.32 Å². The van der Waals surface area contributed by atoms with Crippen LogP contribution in [0, 0.1) is 0 Å². The van der Waals surface area contributed by atoms with Gasteiger partial charge in [-0.05, 0) is 53.5 Å². The van der Waals surface area contributed by atoms with Crippen LogP contribution in [0.15, 0.2) is 24.5 Å². The summed E-state index contributed by atoms with van der Waals surface area (Å²) in [5.41, 5.74) is 4.68. The summed E-state index contributed by atoms with van der Waals surface area (Å²) in [5.74, 6) is 0. The normalized spacial score (nSPS) is 22.4. The Hall–Kier alpha value is -1.41. The molecule has 1 aliphatic heterocycles. The smallest absolute Gasteiger partial charge is 0.0346 e. The first-order valence-electron chi connectivity index (χ1n) is 6.05. The number of hydrogen-bond donors (Lipinski definition) is 1. The number of fused-ring (bicyclic) bond motifs is 2. The van der Waals surface area contributed by atoms with E-state index in [1.807, 2.05) is 12.4 Å². The van der Waals surface area contributed by atoms with Crippen LogP contribution in [0.3, 0.4) is 0 Å². The highest BCUT2D eigenvalue weighted by Gasteiger charge is 2.28. The number of aromatic nitrogens is 1. The number of nitrogens with one attached hydrogen (secondary N) is 1. The van der Waals surface area contributed by atoms with Gasteiger partial charge in [0.25, 0.3) is 0 Å². The molecule has 2 heterocycles. The van der Waals surface area contributed by atoms with Crippen molar-refractivity contribution in [3.05, 3.63) is 41.2 Å². The molecule has 4 rings (SSSR count). The van der Waals surface area contributed by atoms with E-state index in [1.165, 1.54) is 35.6 Å². The second-order valence-corrected chi connectivity index (χ2v) is 4.85. The lowest BCUT2D eigenvalue weighted by molar-refractivity contribution is 0.499. The third-order valence-electron chi connectivity index (χ3n) is 3.98. The molecule has 0 amide bonds. The van der Waals surface area contributed by atoms with Crippen molar-refractivity contribution in [1.82, 2.24) is 10.3 Å². The quantitative estimate of drug-likeness (QED) is 0.723. The molecule has 2 aliphatic rings. The van der Waals surface area contributed by atoms with Gasteiger partial charge in [-0.3, -0.25) is 4.98 Å². The molecule has 2 heteroatoms. The zero-order valence-electron chi connectivity index (χ0n) is 9.16. The van der Waals surface area contributed by atoms with Crippen LogP contribution in [0.4, 0.5) is 0 Å². The van der Waals surface area contributed by atoms with Crippen LogP contribution in [-0.4, -0.2) is 4.98 Å². The minimum absolute atomic E-state index is 0.622. The Bertz CT molecular complexity index is 574. The molecule has 1 aromatic carbocycles. The van der Waals surface area contributed by atoms with Gasteiger partial charge in [0, 0.05) is 30.4 Å². The molecule has 1 aromatic heterocycles. The average molecular weight is 210 g/mol. The van der Waals surface area contributed by atoms with Crippen LogP contribution in [-0.2, 0) is 13.0 Å². The molecule has 80 valence electrons. The van der Waals surface area contributed by atoms with Crippen LogP contribution >= 0.6 is 0 Å². The summed E-state index contributed by atoms with van der Waals surface area (Å²) in [5, 5.41) is 6.34. The lowest BCUT2D eigenvalue weighted by atomic mass is 9.84. The van der Waals surface area contributed by atoms with Crippen LogP contribution in [0.25, 0.3) is 10.8 Å². The molecule has 0 saturated carbocycles. The predicted molar refractivity (Wildman–Crippen MR) is 64.3 cm³/mol. The Balaban J connectivity index is 2.14. The van der Waals surface area contributed by atoms with Crippen LogP contribution in [0.1, 0.15) is 35.6 Å². The molecule has 1 aliphatic carbocycles. The topological polar surface area (TPSA) is 24.9 Å². The van der Waals surface area contributed by atoms with Crippen molar-refractivity contribution >= 4 is 10.8 Å². The molecule has 0 saturated heterocycles. The highest BCUT2D eigenvalue weighted by molar-refractivity contribution is 5.87. The van der Waals surface area contributed by atoms with E-state index >= 15 is 0 Å². The maximum absolute atomic E-state index is 4.23. The maximum atomic E-state index is 4.23. The summed E-state index contributed by atoms with van der Waals surface area (Å²) in [6, 6.07) is 5.11. The van der Waals surface area contributed by atoms with Crippen molar-refractivity contribution in [2.45, 2.75) is 31.8 Å². The van der Waals surface area contributed by atoms with Crippen molar-refractivity contribution in [3.8, 4) is 0 Å². The number of nitrogens with zero attached hydrogens (tertiary/aromatic N) is 1. The zero-order chi connectivity index (χ0) is 10.5. The summed E-state index contributed by atoms with van der Waals surface area (Å²) in [6.07, 6.45) is 7.76. The fraction of sp³-hybridized carbons (Fsp3) is 0.357. The van der Waals surface area contributed by atoms with Gasteiger partial charge >= 0.3 is 0 Å². The number of pyridine rings is 1. The monoisotopic (exact) mass is 210 g/mol. The Morgan fingerprint density at radius 1 is 1.38 bits per heavy atom. The lowest BCUT2D eigenvalue weighted by Gasteiger charge is -2.23. The van der Waals surface area contributed by atoms with Crippen LogP contribution in [0.2, 0.25) is 0 Å². The Kier molecular flexibility index (Phi) is 1.66. The second-order valence-electron chi connectivity index (χ2n) is 4.85. The van der Waals surface area contributed by atoms with E-state index in [4.69, 9.17) is 0 Å². The molecule has 0 radical (unpaired) electrons. The van der Waals surface area contributed by atoms with E-state index in [0.717, 1.165) is 6.54 Å². The average Bonchev–Trinajstić information content (AvgIpc) is 2.75. The van der Waals surface area contributed by atoms with Gasteiger partial charge in [0.1, 0.15) is 0 Å². The molecule has 0 spiro atoms. The molecule has 0 fully saturated rings. The number of benzene rings is 1. The van der Waals surface area contributed by atoms with Gasteiger partial charge in [0.05, 0.1) is 0 Å². The molecule has 1 atom stereocenters. The Labute approximate surface area is 94.7 Å². The van der Waals surface area contributed by atoms with Crippen LogP contribution < -0.4 is 5.32 Å². The number of rotatable bonds is 0. The van der Waals surface area contributed by atoms with E-state index in [2.05, 4.69) is 22.4 Å². The Morgan fingerprint density at radius 3 is 3.38 bits per heavy atom. The second kappa shape index (κ2) is 3.05. The summed E-state index contributed by atoms with van der Waals surface area (Å²) < 4.78 is 0. The first-order valence-corrected chi connectivity index (χ1v) is 6.05. The van der Waals surface area contributed by atoms with E-state index in [1.54, 1.807) is 11.1 Å². The molecule has 16 heavy (non-hydrogen) atoms. The summed E-state index contributed by atoms with van der Waals surface area (Å²) in [6.45, 7) is 1.04. The minimum atomic E-state index is 0.622. The zero-order valence-corrected chi connectivity index (χ0v) is 9.16. The van der Waals surface area contributed by atoms with Gasteiger partial charge in [-0.2, -0.15) is 0 Å². The maximum Gasteiger partial charge on any atom is 0.0346 e. The van der Waals surface area contributed by atoms with E-state index in [-0.39, 0.29) is 0 Å². The summed E-state index contributed by atoms with van der Waals surface area (Å²) >= 11 is 0. The number of hydrogen-bond acceptors (Lipinski definition) is 2. The predicted octanol–water partition coefficient (Wildman–Crippen LogP) is 2.72. The van der Waals surface area contributed by atoms with Gasteiger partial charge in [-0.1, -0.05) is 0 Å². The van der Waals surface area contributed by atoms with E-state index in [9.17, 15) is 0 Å². The van der Waals surface area contributed by atoms with Crippen molar-refractivity contribution in [2.24, 2.45) is 0 Å². The summed E-state index contributed by atoms with van der Waals surface area (Å²) in [7, 11) is 0. The fourth-order valence-corrected chi connectivity index (χ4v) is 3.32. The first-order chi connectivity index (χ1) is 7.93. The van der Waals surface area contributed by atoms with Crippen molar-refractivity contribution in [1.29, 1.82) is 0 Å². The third-order valence-corrected chi connectivity index (χ3v) is 3.98. The highest BCUT2D eigenvalue weighted by atomic mass is 14.9. The van der Waals surface area contributed by atoms with E-state index < -0.39 is 0 Å². The SMILES string of the molecule is c1cc2c3c4c(cc2cn1)CNC4CCC3. The number of aryl methyl sites for hydroxylation is 1. The molecule has 2 nitrogen and oxygen atoms in total. The molecular formula is C14H14N2. The molecule has 2 aromatic rings. The van der Waals surface area contributed by atoms with E-state index in [0.29, 0.717) is 6.04 Å².